The van der Waals surface area contributed by atoms with E-state index in [0.29, 0.717) is 23.7 Å². The number of nitrogens with two attached hydrogens (primary N) is 2. The normalized spacial score (nSPS) is 24.9. The van der Waals surface area contributed by atoms with Crippen LogP contribution in [0.25, 0.3) is 0 Å². The first-order valence-electron chi connectivity index (χ1n) is 5.60. The molecule has 1 aromatic rings. The van der Waals surface area contributed by atoms with Gasteiger partial charge in [-0.1, -0.05) is 0 Å². The summed E-state index contributed by atoms with van der Waals surface area (Å²) in [6.07, 6.45) is 2.56. The van der Waals surface area contributed by atoms with Gasteiger partial charge >= 0.3 is 0 Å². The Morgan fingerprint density at radius 3 is 2.88 bits per heavy atom. The minimum atomic E-state index is -0.375. The molecular formula is C11H18N4O2. The van der Waals surface area contributed by atoms with Crippen molar-refractivity contribution in [3.8, 4) is 0 Å². The summed E-state index contributed by atoms with van der Waals surface area (Å²) in [5, 5.41) is 9.71. The molecule has 6 nitrogen and oxygen atoms in total. The van der Waals surface area contributed by atoms with Crippen molar-refractivity contribution < 1.29 is 9.84 Å². The highest BCUT2D eigenvalue weighted by Gasteiger charge is 2.29. The maximum atomic E-state index is 9.71. The zero-order chi connectivity index (χ0) is 12.4. The minimum Gasteiger partial charge on any atom is -0.397 e. The summed E-state index contributed by atoms with van der Waals surface area (Å²) < 4.78 is 5.38. The van der Waals surface area contributed by atoms with Crippen molar-refractivity contribution in [1.29, 1.82) is 0 Å². The van der Waals surface area contributed by atoms with Gasteiger partial charge in [-0.05, 0) is 18.9 Å². The molecule has 0 aromatic carbocycles. The average molecular weight is 238 g/mol. The number of pyridine rings is 1. The number of anilines is 3. The number of aliphatic hydroxyl groups is 1. The van der Waals surface area contributed by atoms with E-state index >= 15 is 0 Å². The van der Waals surface area contributed by atoms with E-state index in [1.165, 1.54) is 0 Å². The van der Waals surface area contributed by atoms with Gasteiger partial charge < -0.3 is 26.2 Å². The van der Waals surface area contributed by atoms with Crippen LogP contribution in [0.4, 0.5) is 17.2 Å². The van der Waals surface area contributed by atoms with Crippen LogP contribution in [0.2, 0.25) is 0 Å². The third-order valence-corrected chi connectivity index (χ3v) is 2.96. The summed E-state index contributed by atoms with van der Waals surface area (Å²) in [7, 11) is 1.64. The number of methoxy groups -OCH3 is 1. The van der Waals surface area contributed by atoms with Gasteiger partial charge in [0.2, 0.25) is 0 Å². The molecule has 1 fully saturated rings. The number of piperidine rings is 1. The molecule has 2 heterocycles. The van der Waals surface area contributed by atoms with E-state index in [1.54, 1.807) is 19.4 Å². The van der Waals surface area contributed by atoms with Gasteiger partial charge in [-0.15, -0.1) is 0 Å². The number of hydrogen-bond acceptors (Lipinski definition) is 6. The molecule has 0 saturated carbocycles. The summed E-state index contributed by atoms with van der Waals surface area (Å²) >= 11 is 0. The van der Waals surface area contributed by atoms with Gasteiger partial charge in [0.1, 0.15) is 6.23 Å². The van der Waals surface area contributed by atoms with Gasteiger partial charge in [0, 0.05) is 13.7 Å². The van der Waals surface area contributed by atoms with Gasteiger partial charge in [-0.25, -0.2) is 4.98 Å². The second-order valence-electron chi connectivity index (χ2n) is 4.26. The summed E-state index contributed by atoms with van der Waals surface area (Å²) in [4.78, 5) is 6.10. The molecule has 0 amide bonds. The number of aliphatic hydroxyl groups excluding tert-OH is 1. The lowest BCUT2D eigenvalue weighted by Crippen LogP contribution is -2.47. The fraction of sp³-hybridized carbons (Fsp3) is 0.545. The Hall–Kier alpha value is -1.53. The second-order valence-corrected chi connectivity index (χ2v) is 4.26. The number of hydrogen-bond donors (Lipinski definition) is 3. The van der Waals surface area contributed by atoms with Crippen LogP contribution < -0.4 is 16.4 Å². The zero-order valence-electron chi connectivity index (χ0n) is 9.84. The fourth-order valence-electron chi connectivity index (χ4n) is 2.13. The van der Waals surface area contributed by atoms with Crippen molar-refractivity contribution in [1.82, 2.24) is 4.98 Å². The molecule has 2 atom stereocenters. The fourth-order valence-corrected chi connectivity index (χ4v) is 2.13. The summed E-state index contributed by atoms with van der Waals surface area (Å²) in [5.74, 6) is 0.616. The minimum absolute atomic E-state index is 0.100. The van der Waals surface area contributed by atoms with E-state index in [4.69, 9.17) is 16.2 Å². The summed E-state index contributed by atoms with van der Waals surface area (Å²) in [6, 6.07) is 1.66. The maximum Gasteiger partial charge on any atom is 0.154 e. The van der Waals surface area contributed by atoms with E-state index < -0.39 is 0 Å². The van der Waals surface area contributed by atoms with E-state index in [1.807, 2.05) is 4.90 Å². The van der Waals surface area contributed by atoms with Crippen LogP contribution in [0.5, 0.6) is 0 Å². The molecule has 0 aliphatic carbocycles. The third-order valence-electron chi connectivity index (χ3n) is 2.96. The maximum absolute atomic E-state index is 9.71. The predicted molar refractivity (Wildman–Crippen MR) is 66.4 cm³/mol. The molecule has 0 spiro atoms. The van der Waals surface area contributed by atoms with Gasteiger partial charge in [0.25, 0.3) is 0 Å². The van der Waals surface area contributed by atoms with Crippen molar-refractivity contribution in [2.75, 3.05) is 30.0 Å². The first-order valence-corrected chi connectivity index (χ1v) is 5.60. The average Bonchev–Trinajstić information content (AvgIpc) is 2.29. The number of rotatable bonds is 2. The predicted octanol–water partition coefficient (Wildman–Crippen LogP) is 0.180. The zero-order valence-corrected chi connectivity index (χ0v) is 9.84. The lowest BCUT2D eigenvalue weighted by atomic mass is 10.1. The summed E-state index contributed by atoms with van der Waals surface area (Å²) in [5.41, 5.74) is 12.5. The van der Waals surface area contributed by atoms with Crippen LogP contribution in [0.15, 0.2) is 12.3 Å². The Morgan fingerprint density at radius 1 is 1.47 bits per heavy atom. The molecule has 2 rings (SSSR count). The van der Waals surface area contributed by atoms with Crippen molar-refractivity contribution in [2.45, 2.75) is 25.2 Å². The Labute approximate surface area is 100 Å². The molecule has 17 heavy (non-hydrogen) atoms. The number of nitrogen functional groups attached to an aromatic ring is 2. The number of aromatic nitrogens is 1. The van der Waals surface area contributed by atoms with Gasteiger partial charge in [-0.3, -0.25) is 0 Å². The lowest BCUT2D eigenvalue weighted by molar-refractivity contribution is 0.0374. The highest BCUT2D eigenvalue weighted by atomic mass is 16.5. The van der Waals surface area contributed by atoms with Crippen LogP contribution in [0.1, 0.15) is 12.8 Å². The monoisotopic (exact) mass is 238 g/mol. The largest absolute Gasteiger partial charge is 0.397 e. The van der Waals surface area contributed by atoms with E-state index in [9.17, 15) is 5.11 Å². The highest BCUT2D eigenvalue weighted by molar-refractivity contribution is 5.67. The Bertz CT molecular complexity index is 399. The number of β-amino-alcohol motifs (C(OH)–C–C–N with tert-alkyl or cyclic N) is 1. The Kier molecular flexibility index (Phi) is 3.35. The van der Waals surface area contributed by atoms with Gasteiger partial charge in [0.15, 0.2) is 5.82 Å². The highest BCUT2D eigenvalue weighted by Crippen LogP contribution is 2.28. The molecule has 1 aromatic heterocycles. The quantitative estimate of drug-likeness (QED) is 0.680. The molecule has 0 radical (unpaired) electrons. The third kappa shape index (κ3) is 2.42. The Morgan fingerprint density at radius 2 is 2.24 bits per heavy atom. The SMILES string of the molecule is COC1CCC(O)CN1c1ncc(N)cc1N. The number of nitrogens with zero attached hydrogens (tertiary/aromatic N) is 2. The van der Waals surface area contributed by atoms with Crippen LogP contribution >= 0.6 is 0 Å². The van der Waals surface area contributed by atoms with E-state index in [0.717, 1.165) is 12.8 Å². The molecule has 0 bridgehead atoms. The number of ether oxygens (including phenoxy) is 1. The van der Waals surface area contributed by atoms with Crippen molar-refractivity contribution >= 4 is 17.2 Å². The molecule has 1 aliphatic heterocycles. The van der Waals surface area contributed by atoms with Crippen LogP contribution in [0, 0.1) is 0 Å². The topological polar surface area (TPSA) is 97.6 Å². The van der Waals surface area contributed by atoms with E-state index in [2.05, 4.69) is 4.98 Å². The molecule has 1 aliphatic rings. The molecule has 1 saturated heterocycles. The first kappa shape index (κ1) is 11.9. The first-order chi connectivity index (χ1) is 8.11. The smallest absolute Gasteiger partial charge is 0.154 e. The van der Waals surface area contributed by atoms with Crippen LogP contribution in [0.3, 0.4) is 0 Å². The Balaban J connectivity index is 2.28. The second kappa shape index (κ2) is 4.77. The molecule has 6 heteroatoms. The van der Waals surface area contributed by atoms with Crippen molar-refractivity contribution in [3.63, 3.8) is 0 Å². The van der Waals surface area contributed by atoms with E-state index in [-0.39, 0.29) is 12.3 Å². The van der Waals surface area contributed by atoms with Crippen LogP contribution in [-0.4, -0.2) is 36.1 Å². The van der Waals surface area contributed by atoms with Crippen LogP contribution in [-0.2, 0) is 4.74 Å². The van der Waals surface area contributed by atoms with Gasteiger partial charge in [0.05, 0.1) is 23.7 Å². The van der Waals surface area contributed by atoms with Gasteiger partial charge in [-0.2, -0.15) is 0 Å². The molecule has 94 valence electrons. The molecule has 5 N–H and O–H groups in total. The summed E-state index contributed by atoms with van der Waals surface area (Å²) in [6.45, 7) is 0.472. The molecular weight excluding hydrogens is 220 g/mol. The lowest BCUT2D eigenvalue weighted by Gasteiger charge is -2.38. The van der Waals surface area contributed by atoms with Crippen molar-refractivity contribution in [3.05, 3.63) is 12.3 Å². The standard InChI is InChI=1S/C11H18N4O2/c1-17-10-3-2-8(16)6-15(10)11-9(13)4-7(12)5-14-11/h4-5,8,10,16H,2-3,6,12-13H2,1H3. The van der Waals surface area contributed by atoms with Crippen molar-refractivity contribution in [2.24, 2.45) is 0 Å². The molecule has 2 unspecified atom stereocenters.